The lowest BCUT2D eigenvalue weighted by molar-refractivity contribution is -0.387. The summed E-state index contributed by atoms with van der Waals surface area (Å²) < 4.78 is 26.0. The van der Waals surface area contributed by atoms with Gasteiger partial charge in [-0.1, -0.05) is 12.1 Å². The first-order chi connectivity index (χ1) is 9.84. The molecule has 1 aliphatic rings. The van der Waals surface area contributed by atoms with Crippen molar-refractivity contribution >= 4 is 21.7 Å². The highest BCUT2D eigenvalue weighted by molar-refractivity contribution is 7.89. The summed E-state index contributed by atoms with van der Waals surface area (Å²) in [5.74, 6) is -1.51. The van der Waals surface area contributed by atoms with Crippen molar-refractivity contribution in [2.75, 3.05) is 13.1 Å². The number of nitro groups is 1. The van der Waals surface area contributed by atoms with E-state index in [9.17, 15) is 23.3 Å². The molecule has 1 aliphatic heterocycles. The molecule has 0 amide bonds. The van der Waals surface area contributed by atoms with E-state index in [4.69, 9.17) is 5.11 Å². The molecule has 1 N–H and O–H groups in total. The van der Waals surface area contributed by atoms with E-state index in [1.165, 1.54) is 18.2 Å². The minimum Gasteiger partial charge on any atom is -0.481 e. The molecule has 1 heterocycles. The van der Waals surface area contributed by atoms with E-state index in [2.05, 4.69) is 0 Å². The van der Waals surface area contributed by atoms with Crippen LogP contribution >= 0.6 is 0 Å². The predicted octanol–water partition coefficient (Wildman–Crippen LogP) is 1.08. The topological polar surface area (TPSA) is 118 Å². The number of aliphatic carboxylic acids is 1. The Balaban J connectivity index is 2.28. The third kappa shape index (κ3) is 3.03. The lowest BCUT2D eigenvalue weighted by Crippen LogP contribution is -2.40. The molecule has 1 saturated heterocycles. The van der Waals surface area contributed by atoms with Crippen LogP contribution in [0.5, 0.6) is 0 Å². The van der Waals surface area contributed by atoms with Gasteiger partial charge in [-0.25, -0.2) is 8.42 Å². The summed E-state index contributed by atoms with van der Waals surface area (Å²) in [4.78, 5) is 20.7. The fraction of sp³-hybridized carbons (Fsp3) is 0.417. The Labute approximate surface area is 121 Å². The van der Waals surface area contributed by atoms with Gasteiger partial charge in [-0.3, -0.25) is 14.9 Å². The van der Waals surface area contributed by atoms with Gasteiger partial charge >= 0.3 is 5.97 Å². The number of hydrogen-bond donors (Lipinski definition) is 1. The fourth-order valence-corrected chi connectivity index (χ4v) is 3.94. The lowest BCUT2D eigenvalue weighted by Gasteiger charge is -2.29. The Morgan fingerprint density at radius 3 is 2.38 bits per heavy atom. The van der Waals surface area contributed by atoms with Crippen LogP contribution in [0.3, 0.4) is 0 Å². The quantitative estimate of drug-likeness (QED) is 0.656. The van der Waals surface area contributed by atoms with E-state index in [0.717, 1.165) is 10.4 Å². The molecule has 0 aliphatic carbocycles. The summed E-state index contributed by atoms with van der Waals surface area (Å²) in [6.07, 6.45) is 0.407. The molecule has 2 rings (SSSR count). The Hall–Kier alpha value is -2.00. The number of rotatable bonds is 4. The number of para-hydroxylation sites is 1. The SMILES string of the molecule is O=C(O)C1CCN(S(=O)(=O)c2ccccc2[N+](=O)[O-])CC1. The summed E-state index contributed by atoms with van der Waals surface area (Å²) in [5.41, 5.74) is -0.474. The minimum absolute atomic E-state index is 0.0470. The Morgan fingerprint density at radius 1 is 1.29 bits per heavy atom. The van der Waals surface area contributed by atoms with Gasteiger partial charge in [0.15, 0.2) is 4.90 Å². The van der Waals surface area contributed by atoms with Gasteiger partial charge in [-0.15, -0.1) is 0 Å². The van der Waals surface area contributed by atoms with E-state index in [1.54, 1.807) is 0 Å². The summed E-state index contributed by atoms with van der Waals surface area (Å²) >= 11 is 0. The van der Waals surface area contributed by atoms with Crippen LogP contribution in [0.1, 0.15) is 12.8 Å². The third-order valence-electron chi connectivity index (χ3n) is 3.48. The maximum atomic E-state index is 12.5. The molecule has 8 nitrogen and oxygen atoms in total. The van der Waals surface area contributed by atoms with Crippen molar-refractivity contribution in [1.29, 1.82) is 0 Å². The monoisotopic (exact) mass is 314 g/mol. The molecule has 1 aromatic carbocycles. The molecular weight excluding hydrogens is 300 g/mol. The molecule has 0 spiro atoms. The average Bonchev–Trinajstić information content (AvgIpc) is 2.47. The van der Waals surface area contributed by atoms with Crippen molar-refractivity contribution in [2.45, 2.75) is 17.7 Å². The van der Waals surface area contributed by atoms with Crippen LogP contribution < -0.4 is 0 Å². The molecule has 0 aromatic heterocycles. The second-order valence-electron chi connectivity index (χ2n) is 4.74. The zero-order valence-corrected chi connectivity index (χ0v) is 11.8. The zero-order valence-electron chi connectivity index (χ0n) is 11.0. The molecule has 0 unspecified atom stereocenters. The number of piperidine rings is 1. The zero-order chi connectivity index (χ0) is 15.6. The van der Waals surface area contributed by atoms with Gasteiger partial charge in [-0.05, 0) is 18.9 Å². The lowest BCUT2D eigenvalue weighted by atomic mass is 9.99. The van der Waals surface area contributed by atoms with Crippen molar-refractivity contribution in [3.8, 4) is 0 Å². The molecule has 9 heteroatoms. The van der Waals surface area contributed by atoms with E-state index < -0.39 is 32.5 Å². The Bertz CT molecular complexity index is 664. The van der Waals surface area contributed by atoms with Crippen LogP contribution in [0.2, 0.25) is 0 Å². The highest BCUT2D eigenvalue weighted by Crippen LogP contribution is 2.29. The van der Waals surface area contributed by atoms with Gasteiger partial charge in [-0.2, -0.15) is 4.31 Å². The minimum atomic E-state index is -3.99. The molecule has 0 radical (unpaired) electrons. The number of carboxylic acid groups (broad SMARTS) is 1. The largest absolute Gasteiger partial charge is 0.481 e. The van der Waals surface area contributed by atoms with E-state index in [-0.39, 0.29) is 30.8 Å². The summed E-state index contributed by atoms with van der Waals surface area (Å²) in [5, 5.41) is 19.8. The molecule has 0 bridgehead atoms. The summed E-state index contributed by atoms with van der Waals surface area (Å²) in [6.45, 7) is 0.0939. The number of carbonyl (C=O) groups is 1. The highest BCUT2D eigenvalue weighted by Gasteiger charge is 2.35. The first kappa shape index (κ1) is 15.4. The Kier molecular flexibility index (Phi) is 4.24. The van der Waals surface area contributed by atoms with Gasteiger partial charge in [0.05, 0.1) is 10.8 Å². The van der Waals surface area contributed by atoms with Gasteiger partial charge in [0.1, 0.15) is 0 Å². The second kappa shape index (κ2) is 5.78. The van der Waals surface area contributed by atoms with Crippen LogP contribution in [-0.2, 0) is 14.8 Å². The number of nitro benzene ring substituents is 1. The molecule has 1 aromatic rings. The summed E-state index contributed by atoms with van der Waals surface area (Å²) in [7, 11) is -3.99. The van der Waals surface area contributed by atoms with Crippen LogP contribution in [-0.4, -0.2) is 41.8 Å². The number of hydrogen-bond acceptors (Lipinski definition) is 5. The van der Waals surface area contributed by atoms with Crippen LogP contribution in [0, 0.1) is 16.0 Å². The molecule has 114 valence electrons. The molecule has 0 saturated carbocycles. The first-order valence-corrected chi connectivity index (χ1v) is 7.74. The van der Waals surface area contributed by atoms with Crippen molar-refractivity contribution in [3.05, 3.63) is 34.4 Å². The molecule has 1 fully saturated rings. The van der Waals surface area contributed by atoms with Gasteiger partial charge in [0.25, 0.3) is 5.69 Å². The summed E-state index contributed by atoms with van der Waals surface area (Å²) in [6, 6.07) is 5.14. The predicted molar refractivity (Wildman–Crippen MR) is 72.2 cm³/mol. The van der Waals surface area contributed by atoms with E-state index in [1.807, 2.05) is 0 Å². The maximum Gasteiger partial charge on any atom is 0.306 e. The third-order valence-corrected chi connectivity index (χ3v) is 5.43. The Morgan fingerprint density at radius 2 is 1.86 bits per heavy atom. The van der Waals surface area contributed by atoms with Crippen LogP contribution in [0.15, 0.2) is 29.2 Å². The normalized spacial score (nSPS) is 17.5. The van der Waals surface area contributed by atoms with Crippen molar-refractivity contribution in [1.82, 2.24) is 4.31 Å². The second-order valence-corrected chi connectivity index (χ2v) is 6.65. The van der Waals surface area contributed by atoms with Gasteiger partial charge in [0, 0.05) is 19.2 Å². The number of sulfonamides is 1. The standard InChI is InChI=1S/C12H14N2O6S/c15-12(16)9-5-7-13(8-6-9)21(19,20)11-4-2-1-3-10(11)14(17)18/h1-4,9H,5-8H2,(H,15,16). The van der Waals surface area contributed by atoms with Crippen molar-refractivity contribution in [2.24, 2.45) is 5.92 Å². The van der Waals surface area contributed by atoms with Crippen molar-refractivity contribution < 1.29 is 23.2 Å². The number of benzene rings is 1. The molecule has 0 atom stereocenters. The van der Waals surface area contributed by atoms with Gasteiger partial charge < -0.3 is 5.11 Å². The molecular formula is C12H14N2O6S. The van der Waals surface area contributed by atoms with Crippen LogP contribution in [0.4, 0.5) is 5.69 Å². The first-order valence-electron chi connectivity index (χ1n) is 6.30. The number of nitrogens with zero attached hydrogens (tertiary/aromatic N) is 2. The van der Waals surface area contributed by atoms with E-state index >= 15 is 0 Å². The molecule has 21 heavy (non-hydrogen) atoms. The smallest absolute Gasteiger partial charge is 0.306 e. The fourth-order valence-electron chi connectivity index (χ4n) is 2.31. The number of carboxylic acids is 1. The van der Waals surface area contributed by atoms with Crippen LogP contribution in [0.25, 0.3) is 0 Å². The van der Waals surface area contributed by atoms with Gasteiger partial charge in [0.2, 0.25) is 10.0 Å². The highest BCUT2D eigenvalue weighted by atomic mass is 32.2. The van der Waals surface area contributed by atoms with E-state index in [0.29, 0.717) is 0 Å². The maximum absolute atomic E-state index is 12.5. The van der Waals surface area contributed by atoms with Crippen molar-refractivity contribution in [3.63, 3.8) is 0 Å². The average molecular weight is 314 g/mol.